The molecule has 0 aliphatic rings. The lowest BCUT2D eigenvalue weighted by Crippen LogP contribution is -1.96. The molecule has 0 unspecified atom stereocenters. The molecule has 0 atom stereocenters. The Balaban J connectivity index is 2.19. The van der Waals surface area contributed by atoms with E-state index >= 15 is 0 Å². The summed E-state index contributed by atoms with van der Waals surface area (Å²) in [5.41, 5.74) is 2.26. The molecule has 21 heavy (non-hydrogen) atoms. The van der Waals surface area contributed by atoms with E-state index in [9.17, 15) is 10.1 Å². The number of nitrogens with zero attached hydrogens (tertiary/aromatic N) is 3. The number of para-hydroxylation sites is 2. The van der Waals surface area contributed by atoms with Gasteiger partial charge < -0.3 is 4.74 Å². The highest BCUT2D eigenvalue weighted by Crippen LogP contribution is 2.32. The summed E-state index contributed by atoms with van der Waals surface area (Å²) in [5.74, 6) is 0.430. The van der Waals surface area contributed by atoms with Gasteiger partial charge in [-0.3, -0.25) is 15.1 Å². The van der Waals surface area contributed by atoms with Crippen molar-refractivity contribution in [1.29, 1.82) is 0 Å². The molecule has 0 aliphatic carbocycles. The molecule has 1 aromatic heterocycles. The number of hydrogen-bond acceptors (Lipinski definition) is 5. The van der Waals surface area contributed by atoms with Gasteiger partial charge in [0.1, 0.15) is 5.75 Å². The molecule has 2 aromatic carbocycles. The molecule has 3 rings (SSSR count). The number of fused-ring (bicyclic) bond motifs is 1. The molecule has 1 heterocycles. The molecule has 0 radical (unpaired) electrons. The third-order valence-corrected chi connectivity index (χ3v) is 3.13. The van der Waals surface area contributed by atoms with E-state index in [1.165, 1.54) is 19.4 Å². The fourth-order valence-corrected chi connectivity index (χ4v) is 2.09. The number of ether oxygens (including phenoxy) is 1. The van der Waals surface area contributed by atoms with E-state index in [2.05, 4.69) is 9.97 Å². The topological polar surface area (TPSA) is 78.2 Å². The molecule has 6 nitrogen and oxygen atoms in total. The zero-order chi connectivity index (χ0) is 14.8. The zero-order valence-electron chi connectivity index (χ0n) is 11.2. The third-order valence-electron chi connectivity index (χ3n) is 3.13. The molecule has 0 N–H and O–H groups in total. The predicted molar refractivity (Wildman–Crippen MR) is 78.2 cm³/mol. The fraction of sp³-hybridized carbons (Fsp3) is 0.0667. The average molecular weight is 281 g/mol. The highest BCUT2D eigenvalue weighted by molar-refractivity contribution is 5.79. The zero-order valence-corrected chi connectivity index (χ0v) is 11.2. The van der Waals surface area contributed by atoms with Crippen molar-refractivity contribution >= 4 is 16.7 Å². The van der Waals surface area contributed by atoms with Gasteiger partial charge in [0, 0.05) is 0 Å². The molecule has 104 valence electrons. The average Bonchev–Trinajstić information content (AvgIpc) is 2.53. The summed E-state index contributed by atoms with van der Waals surface area (Å²) in [6.07, 6.45) is 1.54. The summed E-state index contributed by atoms with van der Waals surface area (Å²) in [6, 6.07) is 12.0. The van der Waals surface area contributed by atoms with Crippen molar-refractivity contribution in [3.63, 3.8) is 0 Å². The first-order chi connectivity index (χ1) is 10.2. The van der Waals surface area contributed by atoms with E-state index < -0.39 is 4.92 Å². The van der Waals surface area contributed by atoms with Crippen molar-refractivity contribution in [1.82, 2.24) is 9.97 Å². The van der Waals surface area contributed by atoms with Gasteiger partial charge >= 0.3 is 0 Å². The molecule has 0 bridgehead atoms. The first-order valence-electron chi connectivity index (χ1n) is 6.23. The monoisotopic (exact) mass is 281 g/mol. The minimum absolute atomic E-state index is 0.0565. The summed E-state index contributed by atoms with van der Waals surface area (Å²) in [6.45, 7) is 0. The minimum Gasteiger partial charge on any atom is -0.497 e. The summed E-state index contributed by atoms with van der Waals surface area (Å²) in [5, 5.41) is 11.2. The van der Waals surface area contributed by atoms with Crippen LogP contribution in [0.5, 0.6) is 5.75 Å². The molecular weight excluding hydrogens is 270 g/mol. The number of rotatable bonds is 3. The second-order valence-electron chi connectivity index (χ2n) is 4.38. The Morgan fingerprint density at radius 2 is 1.90 bits per heavy atom. The fourth-order valence-electron chi connectivity index (χ4n) is 2.09. The van der Waals surface area contributed by atoms with Crippen LogP contribution in [0.4, 0.5) is 5.69 Å². The molecule has 6 heteroatoms. The molecule has 0 amide bonds. The van der Waals surface area contributed by atoms with Gasteiger partial charge in [-0.2, -0.15) is 0 Å². The van der Waals surface area contributed by atoms with Crippen molar-refractivity contribution in [2.75, 3.05) is 7.11 Å². The van der Waals surface area contributed by atoms with Gasteiger partial charge in [0.05, 0.1) is 46.6 Å². The standard InChI is InChI=1S/C15H11N3O3/c1-21-10-6-7-11(15(8-10)18(19)20)14-9-16-12-4-2-3-5-13(12)17-14/h2-9H,1H3. The van der Waals surface area contributed by atoms with Crippen LogP contribution in [0.1, 0.15) is 0 Å². The molecule has 0 fully saturated rings. The lowest BCUT2D eigenvalue weighted by molar-refractivity contribution is -0.384. The third kappa shape index (κ3) is 2.38. The number of nitro benzene ring substituents is 1. The van der Waals surface area contributed by atoms with E-state index in [0.717, 1.165) is 5.52 Å². The summed E-state index contributed by atoms with van der Waals surface area (Å²) >= 11 is 0. The highest BCUT2D eigenvalue weighted by atomic mass is 16.6. The molecular formula is C15H11N3O3. The maximum absolute atomic E-state index is 11.2. The van der Waals surface area contributed by atoms with Crippen LogP contribution in [0.3, 0.4) is 0 Å². The van der Waals surface area contributed by atoms with Gasteiger partial charge in [0.15, 0.2) is 0 Å². The smallest absolute Gasteiger partial charge is 0.282 e. The summed E-state index contributed by atoms with van der Waals surface area (Å²) in [4.78, 5) is 19.5. The lowest BCUT2D eigenvalue weighted by atomic mass is 10.1. The van der Waals surface area contributed by atoms with Gasteiger partial charge in [-0.1, -0.05) is 12.1 Å². The van der Waals surface area contributed by atoms with Crippen molar-refractivity contribution in [3.8, 4) is 17.0 Å². The van der Waals surface area contributed by atoms with Crippen molar-refractivity contribution in [3.05, 3.63) is 58.8 Å². The van der Waals surface area contributed by atoms with Crippen LogP contribution in [-0.4, -0.2) is 22.0 Å². The van der Waals surface area contributed by atoms with Crippen molar-refractivity contribution in [2.45, 2.75) is 0 Å². The number of hydrogen-bond donors (Lipinski definition) is 0. The van der Waals surface area contributed by atoms with Gasteiger partial charge in [0.25, 0.3) is 5.69 Å². The molecule has 0 saturated carbocycles. The first kappa shape index (κ1) is 13.0. The second-order valence-corrected chi connectivity index (χ2v) is 4.38. The van der Waals surface area contributed by atoms with E-state index in [0.29, 0.717) is 22.5 Å². The van der Waals surface area contributed by atoms with Gasteiger partial charge in [-0.25, -0.2) is 4.98 Å². The van der Waals surface area contributed by atoms with Crippen LogP contribution < -0.4 is 4.74 Å². The number of methoxy groups -OCH3 is 1. The molecule has 0 saturated heterocycles. The number of nitro groups is 1. The minimum atomic E-state index is -0.450. The van der Waals surface area contributed by atoms with E-state index in [1.54, 1.807) is 12.1 Å². The van der Waals surface area contributed by atoms with Crippen LogP contribution in [-0.2, 0) is 0 Å². The van der Waals surface area contributed by atoms with Crippen LogP contribution >= 0.6 is 0 Å². The van der Waals surface area contributed by atoms with Crippen molar-refractivity contribution in [2.24, 2.45) is 0 Å². The molecule has 3 aromatic rings. The van der Waals surface area contributed by atoms with Crippen LogP contribution in [0.25, 0.3) is 22.3 Å². The number of benzene rings is 2. The normalized spacial score (nSPS) is 10.5. The molecule has 0 aliphatic heterocycles. The largest absolute Gasteiger partial charge is 0.497 e. The van der Waals surface area contributed by atoms with E-state index in [4.69, 9.17) is 4.74 Å². The first-order valence-corrected chi connectivity index (χ1v) is 6.23. The van der Waals surface area contributed by atoms with Gasteiger partial charge in [0.2, 0.25) is 0 Å². The van der Waals surface area contributed by atoms with Crippen molar-refractivity contribution < 1.29 is 9.66 Å². The van der Waals surface area contributed by atoms with Crippen LogP contribution in [0.15, 0.2) is 48.7 Å². The number of aromatic nitrogens is 2. The maximum Gasteiger partial charge on any atom is 0.282 e. The quantitative estimate of drug-likeness (QED) is 0.544. The predicted octanol–water partition coefficient (Wildman–Crippen LogP) is 3.21. The van der Waals surface area contributed by atoms with Crippen LogP contribution in [0.2, 0.25) is 0 Å². The van der Waals surface area contributed by atoms with Crippen LogP contribution in [0, 0.1) is 10.1 Å². The lowest BCUT2D eigenvalue weighted by Gasteiger charge is -2.05. The Morgan fingerprint density at radius 3 is 2.62 bits per heavy atom. The van der Waals surface area contributed by atoms with Gasteiger partial charge in [-0.15, -0.1) is 0 Å². The Bertz CT molecular complexity index is 833. The van der Waals surface area contributed by atoms with Gasteiger partial charge in [-0.05, 0) is 24.3 Å². The SMILES string of the molecule is COc1ccc(-c2cnc3ccccc3n2)c([N+](=O)[O-])c1. The molecule has 0 spiro atoms. The highest BCUT2D eigenvalue weighted by Gasteiger charge is 2.18. The summed E-state index contributed by atoms with van der Waals surface area (Å²) < 4.78 is 5.03. The Hall–Kier alpha value is -3.02. The van der Waals surface area contributed by atoms with E-state index in [-0.39, 0.29) is 5.69 Å². The maximum atomic E-state index is 11.2. The summed E-state index contributed by atoms with van der Waals surface area (Å²) in [7, 11) is 1.47. The van der Waals surface area contributed by atoms with E-state index in [1.807, 2.05) is 24.3 Å². The second kappa shape index (κ2) is 5.16. The Kier molecular flexibility index (Phi) is 3.19. The Labute approximate surface area is 120 Å². The Morgan fingerprint density at radius 1 is 1.14 bits per heavy atom.